The molecule has 1 saturated carbocycles. The molecule has 1 aliphatic carbocycles. The average molecular weight is 418 g/mol. The molecule has 0 spiro atoms. The number of carbonyl (C=O) groups excluding carboxylic acids is 2. The number of ether oxygens (including phenoxy) is 1. The summed E-state index contributed by atoms with van der Waals surface area (Å²) in [6.45, 7) is 0.941. The topological polar surface area (TPSA) is 87.3 Å². The first-order valence-corrected chi connectivity index (χ1v) is 10.7. The Balaban J connectivity index is 1.24. The third kappa shape index (κ3) is 3.49. The van der Waals surface area contributed by atoms with Crippen LogP contribution in [0.3, 0.4) is 0 Å². The molecule has 0 unspecified atom stereocenters. The van der Waals surface area contributed by atoms with E-state index in [0.717, 1.165) is 29.7 Å². The van der Waals surface area contributed by atoms with Gasteiger partial charge in [0, 0.05) is 38.6 Å². The van der Waals surface area contributed by atoms with Gasteiger partial charge in [-0.2, -0.15) is 0 Å². The van der Waals surface area contributed by atoms with Gasteiger partial charge in [0.1, 0.15) is 11.4 Å². The summed E-state index contributed by atoms with van der Waals surface area (Å²) in [5.74, 6) is 0.754. The first-order valence-electron chi connectivity index (χ1n) is 10.7. The third-order valence-corrected chi connectivity index (χ3v) is 6.64. The lowest BCUT2D eigenvalue weighted by Crippen LogP contribution is -2.77. The van der Waals surface area contributed by atoms with Gasteiger partial charge in [0.05, 0.1) is 16.6 Å². The molecule has 1 aliphatic heterocycles. The highest BCUT2D eigenvalue weighted by Gasteiger charge is 2.66. The van der Waals surface area contributed by atoms with Crippen molar-refractivity contribution < 1.29 is 14.3 Å². The number of methoxy groups -OCH3 is 1. The van der Waals surface area contributed by atoms with E-state index in [1.165, 1.54) is 0 Å². The second-order valence-corrected chi connectivity index (χ2v) is 8.55. The van der Waals surface area contributed by atoms with E-state index in [0.29, 0.717) is 31.5 Å². The summed E-state index contributed by atoms with van der Waals surface area (Å²) >= 11 is 0. The predicted molar refractivity (Wildman–Crippen MR) is 117 cm³/mol. The maximum Gasteiger partial charge on any atom is 0.251 e. The molecule has 1 saturated heterocycles. The monoisotopic (exact) mass is 418 g/mol. The van der Waals surface area contributed by atoms with Gasteiger partial charge in [0.15, 0.2) is 0 Å². The number of hydrogen-bond acceptors (Lipinski definition) is 4. The molecular weight excluding hydrogens is 392 g/mol. The Labute approximate surface area is 180 Å². The molecule has 3 aromatic rings. The molecule has 7 heteroatoms. The van der Waals surface area contributed by atoms with Crippen molar-refractivity contribution in [2.75, 3.05) is 20.2 Å². The molecule has 0 atom stereocenters. The lowest BCUT2D eigenvalue weighted by Gasteiger charge is -2.54. The van der Waals surface area contributed by atoms with Crippen LogP contribution in [0.15, 0.2) is 54.6 Å². The van der Waals surface area contributed by atoms with E-state index >= 15 is 0 Å². The first-order chi connectivity index (χ1) is 15.0. The normalized spacial score (nSPS) is 18.4. The fourth-order valence-corrected chi connectivity index (χ4v) is 4.64. The quantitative estimate of drug-likeness (QED) is 0.618. The van der Waals surface area contributed by atoms with Crippen LogP contribution in [0.5, 0.6) is 0 Å². The second-order valence-electron chi connectivity index (χ2n) is 8.55. The number of nitrogens with zero attached hydrogens (tertiary/aromatic N) is 2. The molecule has 31 heavy (non-hydrogen) atoms. The van der Waals surface area contributed by atoms with Crippen molar-refractivity contribution in [1.29, 1.82) is 0 Å². The number of aromatic nitrogens is 2. The van der Waals surface area contributed by atoms with Crippen molar-refractivity contribution in [2.45, 2.75) is 36.8 Å². The van der Waals surface area contributed by atoms with Gasteiger partial charge in [-0.15, -0.1) is 0 Å². The van der Waals surface area contributed by atoms with Gasteiger partial charge < -0.3 is 19.9 Å². The third-order valence-electron chi connectivity index (χ3n) is 6.64. The van der Waals surface area contributed by atoms with Gasteiger partial charge in [-0.3, -0.25) is 9.59 Å². The Hall–Kier alpha value is -3.19. The number of fused-ring (bicyclic) bond motifs is 1. The van der Waals surface area contributed by atoms with Crippen molar-refractivity contribution in [3.05, 3.63) is 66.0 Å². The van der Waals surface area contributed by atoms with Crippen LogP contribution in [0.4, 0.5) is 0 Å². The lowest BCUT2D eigenvalue weighted by atomic mass is 9.80. The van der Waals surface area contributed by atoms with Gasteiger partial charge >= 0.3 is 0 Å². The van der Waals surface area contributed by atoms with E-state index in [9.17, 15) is 9.59 Å². The summed E-state index contributed by atoms with van der Waals surface area (Å²) in [6, 6.07) is 17.0. The Bertz CT molecular complexity index is 1080. The number of carbonyl (C=O) groups is 2. The summed E-state index contributed by atoms with van der Waals surface area (Å²) in [5.41, 5.74) is 1.58. The van der Waals surface area contributed by atoms with Crippen LogP contribution < -0.4 is 5.32 Å². The number of imidazole rings is 1. The molecule has 0 bridgehead atoms. The highest BCUT2D eigenvalue weighted by atomic mass is 16.5. The minimum atomic E-state index is -0.538. The minimum Gasteiger partial charge on any atom is -0.376 e. The van der Waals surface area contributed by atoms with Crippen LogP contribution in [0, 0.1) is 0 Å². The van der Waals surface area contributed by atoms with Crippen molar-refractivity contribution in [2.24, 2.45) is 0 Å². The maximum atomic E-state index is 12.8. The molecule has 2 aromatic carbocycles. The number of aryl methyl sites for hydroxylation is 1. The number of nitrogens with one attached hydrogen (secondary N) is 2. The van der Waals surface area contributed by atoms with E-state index in [4.69, 9.17) is 4.74 Å². The zero-order valence-corrected chi connectivity index (χ0v) is 17.6. The van der Waals surface area contributed by atoms with E-state index in [1.807, 2.05) is 47.4 Å². The molecule has 2 amide bonds. The minimum absolute atomic E-state index is 0.0666. The van der Waals surface area contributed by atoms with Gasteiger partial charge in [-0.05, 0) is 37.1 Å². The van der Waals surface area contributed by atoms with E-state index in [2.05, 4.69) is 15.3 Å². The summed E-state index contributed by atoms with van der Waals surface area (Å²) in [5, 5.41) is 3.20. The smallest absolute Gasteiger partial charge is 0.251 e. The van der Waals surface area contributed by atoms with Crippen LogP contribution in [0.1, 0.15) is 35.4 Å². The van der Waals surface area contributed by atoms with Crippen molar-refractivity contribution in [1.82, 2.24) is 20.2 Å². The Morgan fingerprint density at radius 1 is 1.10 bits per heavy atom. The van der Waals surface area contributed by atoms with E-state index in [-0.39, 0.29) is 17.4 Å². The summed E-state index contributed by atoms with van der Waals surface area (Å²) in [6.07, 6.45) is 2.71. The Kier molecular flexibility index (Phi) is 4.78. The molecule has 1 aromatic heterocycles. The number of likely N-dealkylation sites (tertiary alicyclic amines) is 1. The molecule has 2 aliphatic rings. The van der Waals surface area contributed by atoms with Crippen molar-refractivity contribution >= 4 is 22.8 Å². The average Bonchev–Trinajstić information content (AvgIpc) is 3.47. The zero-order chi connectivity index (χ0) is 21.5. The van der Waals surface area contributed by atoms with Gasteiger partial charge in [-0.25, -0.2) is 4.98 Å². The van der Waals surface area contributed by atoms with Crippen LogP contribution >= 0.6 is 0 Å². The number of H-pyrrole nitrogens is 1. The Morgan fingerprint density at radius 2 is 1.81 bits per heavy atom. The molecule has 2 N–H and O–H groups in total. The van der Waals surface area contributed by atoms with E-state index in [1.54, 1.807) is 19.2 Å². The van der Waals surface area contributed by atoms with E-state index < -0.39 is 5.54 Å². The highest BCUT2D eigenvalue weighted by Crippen LogP contribution is 2.51. The standard InChI is InChI=1S/C24H26N4O3/c1-31-24(13-14-24)23(27-22(30)17-7-3-2-4-8-17)15-28(16-23)21(29)12-11-20-25-18-9-5-6-10-19(18)26-20/h2-10H,11-16H2,1H3,(H,25,26)(H,27,30). The molecule has 2 fully saturated rings. The lowest BCUT2D eigenvalue weighted by molar-refractivity contribution is -0.148. The summed E-state index contributed by atoms with van der Waals surface area (Å²) in [7, 11) is 1.69. The van der Waals surface area contributed by atoms with Gasteiger partial charge in [0.2, 0.25) is 5.91 Å². The molecule has 160 valence electrons. The number of rotatable bonds is 7. The number of hydrogen-bond donors (Lipinski definition) is 2. The first kappa shape index (κ1) is 19.8. The SMILES string of the molecule is COC1(C2(NC(=O)c3ccccc3)CN(C(=O)CCc3nc4ccccc4[nH]3)C2)CC1. The fourth-order valence-electron chi connectivity index (χ4n) is 4.64. The largest absolute Gasteiger partial charge is 0.376 e. The van der Waals surface area contributed by atoms with Crippen LogP contribution in [0.25, 0.3) is 11.0 Å². The van der Waals surface area contributed by atoms with Crippen LogP contribution in [-0.4, -0.2) is 58.0 Å². The summed E-state index contributed by atoms with van der Waals surface area (Å²) in [4.78, 5) is 35.3. The van der Waals surface area contributed by atoms with Crippen LogP contribution in [0.2, 0.25) is 0 Å². The van der Waals surface area contributed by atoms with Crippen molar-refractivity contribution in [3.8, 4) is 0 Å². The molecule has 2 heterocycles. The molecule has 0 radical (unpaired) electrons. The van der Waals surface area contributed by atoms with Gasteiger partial charge in [-0.1, -0.05) is 30.3 Å². The maximum absolute atomic E-state index is 12.8. The Morgan fingerprint density at radius 3 is 2.48 bits per heavy atom. The predicted octanol–water partition coefficient (Wildman–Crippen LogP) is 2.69. The molecular formula is C24H26N4O3. The van der Waals surface area contributed by atoms with Gasteiger partial charge in [0.25, 0.3) is 5.91 Å². The second kappa shape index (κ2) is 7.50. The molecule has 7 nitrogen and oxygen atoms in total. The highest BCUT2D eigenvalue weighted by molar-refractivity contribution is 5.95. The number of amides is 2. The van der Waals surface area contributed by atoms with Crippen molar-refractivity contribution in [3.63, 3.8) is 0 Å². The number of aromatic amines is 1. The summed E-state index contributed by atoms with van der Waals surface area (Å²) < 4.78 is 5.82. The zero-order valence-electron chi connectivity index (χ0n) is 17.6. The number of benzene rings is 2. The fraction of sp³-hybridized carbons (Fsp3) is 0.375. The number of para-hydroxylation sites is 2. The molecule has 5 rings (SSSR count). The van der Waals surface area contributed by atoms with Crippen LogP contribution in [-0.2, 0) is 16.0 Å².